The molecule has 0 saturated heterocycles. The molecule has 4 aromatic rings. The lowest BCUT2D eigenvalue weighted by atomic mass is 9.85. The zero-order valence-corrected chi connectivity index (χ0v) is 15.4. The molecule has 25 heavy (non-hydrogen) atoms. The molecule has 0 fully saturated rings. The Morgan fingerprint density at radius 1 is 1.08 bits per heavy atom. The molecule has 0 amide bonds. The second-order valence-electron chi connectivity index (χ2n) is 7.52. The van der Waals surface area contributed by atoms with Gasteiger partial charge in [0.25, 0.3) is 0 Å². The summed E-state index contributed by atoms with van der Waals surface area (Å²) in [7, 11) is 0. The van der Waals surface area contributed by atoms with Crippen molar-refractivity contribution in [1.29, 1.82) is 0 Å². The minimum atomic E-state index is -0.323. The average molecular weight is 333 g/mol. The zero-order chi connectivity index (χ0) is 17.8. The van der Waals surface area contributed by atoms with Crippen molar-refractivity contribution < 1.29 is 0 Å². The first-order valence-corrected chi connectivity index (χ1v) is 8.67. The molecule has 0 spiro atoms. The van der Waals surface area contributed by atoms with E-state index < -0.39 is 0 Å². The van der Waals surface area contributed by atoms with Gasteiger partial charge in [-0.15, -0.1) is 0 Å². The van der Waals surface area contributed by atoms with Crippen LogP contribution < -0.4 is 0 Å². The molecule has 0 atom stereocenters. The van der Waals surface area contributed by atoms with Crippen LogP contribution in [0, 0.1) is 6.92 Å². The minimum absolute atomic E-state index is 0.323. The van der Waals surface area contributed by atoms with E-state index in [1.54, 1.807) is 0 Å². The number of aryl methyl sites for hydroxylation is 1. The van der Waals surface area contributed by atoms with E-state index in [9.17, 15) is 0 Å². The second kappa shape index (κ2) is 5.41. The summed E-state index contributed by atoms with van der Waals surface area (Å²) in [5.41, 5.74) is 6.15. The normalized spacial score (nSPS) is 12.6. The Kier molecular flexibility index (Phi) is 3.42. The third-order valence-corrected chi connectivity index (χ3v) is 4.93. The van der Waals surface area contributed by atoms with E-state index >= 15 is 0 Å². The summed E-state index contributed by atoms with van der Waals surface area (Å²) in [5.74, 6) is 0.460. The maximum atomic E-state index is 4.74. The Balaban J connectivity index is 1.94. The van der Waals surface area contributed by atoms with Gasteiger partial charge in [-0.25, -0.2) is 9.50 Å². The largest absolute Gasteiger partial charge is 0.317 e. The molecule has 0 aromatic carbocycles. The van der Waals surface area contributed by atoms with Crippen LogP contribution in [0.25, 0.3) is 11.2 Å². The fourth-order valence-corrected chi connectivity index (χ4v) is 3.53. The smallest absolute Gasteiger partial charge is 0.154 e. The Bertz CT molecular complexity index is 1070. The maximum Gasteiger partial charge on any atom is 0.154 e. The Morgan fingerprint density at radius 3 is 2.64 bits per heavy atom. The van der Waals surface area contributed by atoms with Crippen molar-refractivity contribution in [3.8, 4) is 0 Å². The van der Waals surface area contributed by atoms with Crippen LogP contribution in [0.15, 0.2) is 43.0 Å². The molecule has 0 aliphatic rings. The van der Waals surface area contributed by atoms with Gasteiger partial charge in [-0.05, 0) is 50.5 Å². The van der Waals surface area contributed by atoms with Crippen molar-refractivity contribution in [3.63, 3.8) is 0 Å². The van der Waals surface area contributed by atoms with Crippen molar-refractivity contribution in [2.75, 3.05) is 0 Å². The molecular formula is C20H23N5. The highest BCUT2D eigenvalue weighted by molar-refractivity contribution is 5.59. The lowest BCUT2D eigenvalue weighted by molar-refractivity contribution is 0.577. The van der Waals surface area contributed by atoms with E-state index in [1.807, 2.05) is 36.2 Å². The highest BCUT2D eigenvalue weighted by atomic mass is 15.3. The van der Waals surface area contributed by atoms with Crippen LogP contribution in [0.4, 0.5) is 0 Å². The van der Waals surface area contributed by atoms with Crippen molar-refractivity contribution in [3.05, 3.63) is 65.6 Å². The highest BCUT2D eigenvalue weighted by Gasteiger charge is 2.31. The van der Waals surface area contributed by atoms with Gasteiger partial charge < -0.3 is 4.40 Å². The molecule has 0 N–H and O–H groups in total. The fraction of sp³-hybridized carbons (Fsp3) is 0.350. The number of hydrogen-bond donors (Lipinski definition) is 0. The standard InChI is InChI=1S/C20H23N5/c1-13(2)15-6-7-16-19(21-8-9-24(15)16)20(4,5)17-12-22-18-10-14(3)11-23-25(17)18/h6-13H,1-5H3. The molecule has 0 bridgehead atoms. The zero-order valence-electron chi connectivity index (χ0n) is 15.4. The Morgan fingerprint density at radius 2 is 1.88 bits per heavy atom. The van der Waals surface area contributed by atoms with E-state index in [-0.39, 0.29) is 5.41 Å². The third kappa shape index (κ3) is 2.34. The predicted octanol–water partition coefficient (Wildman–Crippen LogP) is 4.13. The van der Waals surface area contributed by atoms with Crippen molar-refractivity contribution >= 4 is 11.2 Å². The summed E-state index contributed by atoms with van der Waals surface area (Å²) in [5, 5.41) is 4.57. The topological polar surface area (TPSA) is 47.5 Å². The molecule has 4 aromatic heterocycles. The lowest BCUT2D eigenvalue weighted by Gasteiger charge is -2.24. The van der Waals surface area contributed by atoms with Crippen LogP contribution in [0.3, 0.4) is 0 Å². The van der Waals surface area contributed by atoms with Gasteiger partial charge in [-0.3, -0.25) is 4.98 Å². The van der Waals surface area contributed by atoms with Crippen molar-refractivity contribution in [2.24, 2.45) is 0 Å². The van der Waals surface area contributed by atoms with Crippen molar-refractivity contribution in [1.82, 2.24) is 24.0 Å². The molecule has 5 nitrogen and oxygen atoms in total. The van der Waals surface area contributed by atoms with Gasteiger partial charge in [0, 0.05) is 18.1 Å². The summed E-state index contributed by atoms with van der Waals surface area (Å²) in [4.78, 5) is 9.29. The average Bonchev–Trinajstić information content (AvgIpc) is 3.17. The second-order valence-corrected chi connectivity index (χ2v) is 7.52. The molecular weight excluding hydrogens is 310 g/mol. The summed E-state index contributed by atoms with van der Waals surface area (Å²) in [6.07, 6.45) is 7.72. The SMILES string of the molecule is Cc1cnn2c(C(C)(C)c3nccn4c(C(C)C)ccc34)cnc2c1. The van der Waals surface area contributed by atoms with Crippen LogP contribution in [-0.4, -0.2) is 24.0 Å². The van der Waals surface area contributed by atoms with E-state index in [4.69, 9.17) is 4.98 Å². The van der Waals surface area contributed by atoms with E-state index in [0.29, 0.717) is 5.92 Å². The molecule has 4 rings (SSSR count). The van der Waals surface area contributed by atoms with Gasteiger partial charge in [0.2, 0.25) is 0 Å². The van der Waals surface area contributed by atoms with Gasteiger partial charge >= 0.3 is 0 Å². The fourth-order valence-electron chi connectivity index (χ4n) is 3.53. The molecule has 0 saturated carbocycles. The van der Waals surface area contributed by atoms with Crippen LogP contribution in [0.5, 0.6) is 0 Å². The van der Waals surface area contributed by atoms with Crippen LogP contribution in [-0.2, 0) is 5.41 Å². The number of imidazole rings is 1. The molecule has 0 unspecified atom stereocenters. The van der Waals surface area contributed by atoms with Gasteiger partial charge in [-0.2, -0.15) is 5.10 Å². The number of aromatic nitrogens is 5. The summed E-state index contributed by atoms with van der Waals surface area (Å²) >= 11 is 0. The van der Waals surface area contributed by atoms with E-state index in [2.05, 4.69) is 60.4 Å². The molecule has 128 valence electrons. The predicted molar refractivity (Wildman–Crippen MR) is 99.1 cm³/mol. The third-order valence-electron chi connectivity index (χ3n) is 4.93. The van der Waals surface area contributed by atoms with Crippen LogP contribution in [0.2, 0.25) is 0 Å². The Labute approximate surface area is 147 Å². The lowest BCUT2D eigenvalue weighted by Crippen LogP contribution is -2.24. The van der Waals surface area contributed by atoms with Crippen molar-refractivity contribution in [2.45, 2.75) is 46.0 Å². The number of fused-ring (bicyclic) bond motifs is 2. The first-order valence-electron chi connectivity index (χ1n) is 8.67. The van der Waals surface area contributed by atoms with E-state index in [0.717, 1.165) is 28.1 Å². The van der Waals surface area contributed by atoms with Crippen LogP contribution in [0.1, 0.15) is 56.3 Å². The van der Waals surface area contributed by atoms with E-state index in [1.165, 1.54) is 5.69 Å². The monoisotopic (exact) mass is 333 g/mol. The molecule has 5 heteroatoms. The molecule has 0 aliphatic carbocycles. The molecule has 4 heterocycles. The number of hydrogen-bond acceptors (Lipinski definition) is 3. The van der Waals surface area contributed by atoms with Gasteiger partial charge in [-0.1, -0.05) is 13.8 Å². The number of nitrogens with zero attached hydrogens (tertiary/aromatic N) is 5. The van der Waals surface area contributed by atoms with Crippen LogP contribution >= 0.6 is 0 Å². The summed E-state index contributed by atoms with van der Waals surface area (Å²) in [6.45, 7) is 10.8. The quantitative estimate of drug-likeness (QED) is 0.566. The highest BCUT2D eigenvalue weighted by Crippen LogP contribution is 2.34. The van der Waals surface area contributed by atoms with Gasteiger partial charge in [0.05, 0.1) is 34.7 Å². The minimum Gasteiger partial charge on any atom is -0.317 e. The van der Waals surface area contributed by atoms with Gasteiger partial charge in [0.15, 0.2) is 5.65 Å². The summed E-state index contributed by atoms with van der Waals surface area (Å²) < 4.78 is 4.17. The first kappa shape index (κ1) is 15.8. The summed E-state index contributed by atoms with van der Waals surface area (Å²) in [6, 6.07) is 6.41. The van der Waals surface area contributed by atoms with Gasteiger partial charge in [0.1, 0.15) is 0 Å². The number of rotatable bonds is 3. The molecule has 0 aliphatic heterocycles. The molecule has 0 radical (unpaired) electrons. The Hall–Kier alpha value is -2.69. The maximum absolute atomic E-state index is 4.74. The first-order chi connectivity index (χ1) is 11.9.